The zero-order chi connectivity index (χ0) is 40.4. The van der Waals surface area contributed by atoms with Crippen molar-refractivity contribution in [2.75, 3.05) is 0 Å². The first-order valence-corrected chi connectivity index (χ1v) is 25.2. The zero-order valence-electron chi connectivity index (χ0n) is 38.4. The molecule has 0 spiro atoms. The van der Waals surface area contributed by atoms with Gasteiger partial charge >= 0.3 is 0 Å². The van der Waals surface area contributed by atoms with Crippen LogP contribution in [0.3, 0.4) is 0 Å². The van der Waals surface area contributed by atoms with Crippen molar-refractivity contribution in [1.82, 2.24) is 0 Å². The SMILES string of the molecule is CCCCCCCCCCCCCCCCCCCc1cccc(C2=CC(C)=C(c3cccc(CCCCCCCCCCCCCCCCCCC)c3)[N+]2=[N-])c1.[Ni]. The summed E-state index contributed by atoms with van der Waals surface area (Å²) in [5.41, 5.74) is 19.4. The number of hydrogen-bond acceptors (Lipinski definition) is 0. The fourth-order valence-electron chi connectivity index (χ4n) is 9.05. The van der Waals surface area contributed by atoms with Gasteiger partial charge in [-0.25, -0.2) is 4.70 Å². The van der Waals surface area contributed by atoms with E-state index in [4.69, 9.17) is 0 Å². The van der Waals surface area contributed by atoms with Crippen LogP contribution in [0.15, 0.2) is 60.2 Å². The van der Waals surface area contributed by atoms with Gasteiger partial charge in [-0.15, -0.1) is 0 Å². The van der Waals surface area contributed by atoms with Gasteiger partial charge in [0.25, 0.3) is 0 Å². The Balaban J connectivity index is 0.0000116. The Kier molecular flexibility index (Phi) is 32.1. The molecule has 0 amide bonds. The van der Waals surface area contributed by atoms with Gasteiger partial charge in [0.1, 0.15) is 0 Å². The number of benzene rings is 2. The molecule has 0 aliphatic carbocycles. The molecular formula is C55H90N2Ni. The molecule has 1 aliphatic rings. The van der Waals surface area contributed by atoms with Gasteiger partial charge in [0.05, 0.1) is 0 Å². The molecule has 1 aliphatic heterocycles. The molecule has 3 rings (SSSR count). The van der Waals surface area contributed by atoms with E-state index in [2.05, 4.69) is 75.4 Å². The number of nitrogens with zero attached hydrogens (tertiary/aromatic N) is 2. The van der Waals surface area contributed by atoms with E-state index in [1.807, 2.05) is 0 Å². The van der Waals surface area contributed by atoms with Crippen molar-refractivity contribution >= 4 is 11.4 Å². The monoisotopic (exact) mass is 837 g/mol. The first kappa shape index (κ1) is 52.2. The second-order valence-corrected chi connectivity index (χ2v) is 18.1. The summed E-state index contributed by atoms with van der Waals surface area (Å²) in [5, 5.41) is 0. The standard InChI is InChI=1S/C55H90N2.Ni/c1-4-6-8-10-12-14-16-18-20-22-24-26-28-30-32-34-36-40-50-42-38-44-52(47-50)54-46-49(3)55(57(54)56)53-45-39-43-51(48-53)41-37-35-33-31-29-27-25-23-21-19-17-15-13-11-9-7-5-2;/h38-39,42-48H,4-37,40-41H2,1-3H3;. The van der Waals surface area contributed by atoms with E-state index >= 15 is 0 Å². The van der Waals surface area contributed by atoms with Crippen LogP contribution in [-0.4, -0.2) is 4.70 Å². The molecule has 58 heavy (non-hydrogen) atoms. The summed E-state index contributed by atoms with van der Waals surface area (Å²) in [6.45, 7) is 6.74. The Morgan fingerprint density at radius 3 is 1.03 bits per heavy atom. The van der Waals surface area contributed by atoms with Gasteiger partial charge in [-0.2, -0.15) is 0 Å². The average Bonchev–Trinajstić information content (AvgIpc) is 3.53. The summed E-state index contributed by atoms with van der Waals surface area (Å²) in [6, 6.07) is 17.8. The van der Waals surface area contributed by atoms with Crippen LogP contribution in [0.1, 0.15) is 261 Å². The van der Waals surface area contributed by atoms with Crippen LogP contribution < -0.4 is 0 Å². The Labute approximate surface area is 370 Å². The second-order valence-electron chi connectivity index (χ2n) is 18.1. The fourth-order valence-corrected chi connectivity index (χ4v) is 9.05. The van der Waals surface area contributed by atoms with Crippen molar-refractivity contribution in [3.63, 3.8) is 0 Å². The average molecular weight is 838 g/mol. The number of allylic oxidation sites excluding steroid dienone is 2. The van der Waals surface area contributed by atoms with Crippen LogP contribution in [0.25, 0.3) is 16.9 Å². The van der Waals surface area contributed by atoms with E-state index in [0.29, 0.717) is 0 Å². The van der Waals surface area contributed by atoms with Crippen LogP contribution in [-0.2, 0) is 29.3 Å². The summed E-state index contributed by atoms with van der Waals surface area (Å²) in [6.07, 6.45) is 52.3. The molecule has 3 heteroatoms. The maximum absolute atomic E-state index is 11.5. The van der Waals surface area contributed by atoms with Crippen molar-refractivity contribution in [3.05, 3.63) is 88.0 Å². The van der Waals surface area contributed by atoms with Gasteiger partial charge in [-0.1, -0.05) is 244 Å². The molecule has 0 N–H and O–H groups in total. The van der Waals surface area contributed by atoms with Gasteiger partial charge in [-0.3, -0.25) is 0 Å². The number of aryl methyl sites for hydroxylation is 2. The summed E-state index contributed by atoms with van der Waals surface area (Å²) in [7, 11) is 0. The minimum absolute atomic E-state index is 0. The van der Waals surface area contributed by atoms with E-state index in [9.17, 15) is 5.53 Å². The Morgan fingerprint density at radius 1 is 0.397 bits per heavy atom. The number of rotatable bonds is 38. The smallest absolute Gasteiger partial charge is 0.210 e. The fraction of sp³-hybridized carbons (Fsp3) is 0.709. The van der Waals surface area contributed by atoms with E-state index in [1.165, 1.54) is 234 Å². The molecule has 0 atom stereocenters. The molecule has 0 bridgehead atoms. The molecule has 0 aromatic heterocycles. The summed E-state index contributed by atoms with van der Waals surface area (Å²) in [5.74, 6) is 0. The van der Waals surface area contributed by atoms with Gasteiger partial charge in [-0.05, 0) is 68.0 Å². The number of hydrogen-bond donors (Lipinski definition) is 0. The molecule has 0 fully saturated rings. The first-order valence-electron chi connectivity index (χ1n) is 25.2. The molecule has 2 aromatic carbocycles. The molecule has 0 saturated heterocycles. The molecule has 330 valence electrons. The Hall–Kier alpha value is -1.99. The van der Waals surface area contributed by atoms with Crippen molar-refractivity contribution < 1.29 is 21.2 Å². The van der Waals surface area contributed by atoms with Gasteiger partial charge in [0.2, 0.25) is 11.4 Å². The first-order chi connectivity index (χ1) is 28.1. The maximum Gasteiger partial charge on any atom is 0.210 e. The third-order valence-electron chi connectivity index (χ3n) is 12.7. The van der Waals surface area contributed by atoms with E-state index in [0.717, 1.165) is 40.9 Å². The van der Waals surface area contributed by atoms with Crippen molar-refractivity contribution in [2.24, 2.45) is 0 Å². The van der Waals surface area contributed by atoms with Crippen molar-refractivity contribution in [1.29, 1.82) is 0 Å². The summed E-state index contributed by atoms with van der Waals surface area (Å²) in [4.78, 5) is 0. The molecule has 2 aromatic rings. The van der Waals surface area contributed by atoms with Crippen LogP contribution in [0.4, 0.5) is 0 Å². The van der Waals surface area contributed by atoms with E-state index in [-0.39, 0.29) is 16.5 Å². The van der Waals surface area contributed by atoms with Crippen LogP contribution in [0.5, 0.6) is 0 Å². The minimum Gasteiger partial charge on any atom is -0.493 e. The molecule has 2 nitrogen and oxygen atoms in total. The normalized spacial score (nSPS) is 12.7. The predicted molar refractivity (Wildman–Crippen MR) is 253 cm³/mol. The predicted octanol–water partition coefficient (Wildman–Crippen LogP) is 18.9. The Morgan fingerprint density at radius 2 is 0.690 bits per heavy atom. The quantitative estimate of drug-likeness (QED) is 0.0366. The van der Waals surface area contributed by atoms with Crippen LogP contribution in [0, 0.1) is 0 Å². The van der Waals surface area contributed by atoms with Crippen molar-refractivity contribution in [2.45, 2.75) is 252 Å². The van der Waals surface area contributed by atoms with Crippen molar-refractivity contribution in [3.8, 4) is 0 Å². The van der Waals surface area contributed by atoms with Gasteiger partial charge in [0, 0.05) is 39.3 Å². The third kappa shape index (κ3) is 23.7. The Bertz CT molecular complexity index is 1370. The van der Waals surface area contributed by atoms with E-state index < -0.39 is 0 Å². The molecular weight excluding hydrogens is 747 g/mol. The maximum atomic E-state index is 11.5. The molecule has 0 unspecified atom stereocenters. The van der Waals surface area contributed by atoms with Crippen LogP contribution >= 0.6 is 0 Å². The number of unbranched alkanes of at least 4 members (excludes halogenated alkanes) is 32. The minimum atomic E-state index is 0. The second kappa shape index (κ2) is 35.7. The summed E-state index contributed by atoms with van der Waals surface area (Å²) < 4.78 is 1.44. The largest absolute Gasteiger partial charge is 0.493 e. The van der Waals surface area contributed by atoms with Gasteiger partial charge < -0.3 is 5.53 Å². The summed E-state index contributed by atoms with van der Waals surface area (Å²) >= 11 is 0. The molecule has 1 heterocycles. The van der Waals surface area contributed by atoms with Crippen LogP contribution in [0.2, 0.25) is 0 Å². The molecule has 0 radical (unpaired) electrons. The topological polar surface area (TPSA) is 25.3 Å². The molecule has 0 saturated carbocycles. The zero-order valence-corrected chi connectivity index (χ0v) is 39.4. The van der Waals surface area contributed by atoms with E-state index in [1.54, 1.807) is 0 Å². The van der Waals surface area contributed by atoms with Gasteiger partial charge in [0.15, 0.2) is 0 Å². The third-order valence-corrected chi connectivity index (χ3v) is 12.7.